The van der Waals surface area contributed by atoms with Crippen LogP contribution in [0, 0.1) is 17.8 Å². The Morgan fingerprint density at radius 3 is 2.36 bits per heavy atom. The zero-order chi connectivity index (χ0) is 39.0. The van der Waals surface area contributed by atoms with Crippen molar-refractivity contribution in [3.63, 3.8) is 0 Å². The fourth-order valence-electron chi connectivity index (χ4n) is 7.42. The highest BCUT2D eigenvalue weighted by Crippen LogP contribution is 2.50. The summed E-state index contributed by atoms with van der Waals surface area (Å²) in [6.07, 6.45) is -2.51. The minimum absolute atomic E-state index is 0.147. The molecule has 19 heteroatoms. The van der Waals surface area contributed by atoms with E-state index in [1.807, 2.05) is 4.90 Å². The molecule has 3 heterocycles. The number of hydrogen-bond acceptors (Lipinski definition) is 12. The van der Waals surface area contributed by atoms with E-state index in [2.05, 4.69) is 30.4 Å². The molecule has 4 unspecified atom stereocenters. The van der Waals surface area contributed by atoms with Crippen molar-refractivity contribution >= 4 is 23.3 Å². The fraction of sp³-hybridized carbons (Fsp3) is 0.556. The first-order chi connectivity index (χ1) is 26.5. The molecule has 15 nitrogen and oxygen atoms in total. The first kappa shape index (κ1) is 40.3. The van der Waals surface area contributed by atoms with Gasteiger partial charge in [0.25, 0.3) is 5.91 Å². The van der Waals surface area contributed by atoms with Crippen LogP contribution in [0.3, 0.4) is 0 Å². The number of carbonyl (C=O) groups excluding carboxylic acids is 2. The Labute approximate surface area is 313 Å². The Balaban J connectivity index is 0.921. The highest BCUT2D eigenvalue weighted by atomic mass is 19.4. The predicted molar refractivity (Wildman–Crippen MR) is 187 cm³/mol. The number of benzene rings is 1. The van der Waals surface area contributed by atoms with Gasteiger partial charge in [0, 0.05) is 49.2 Å². The first-order valence-corrected chi connectivity index (χ1v) is 18.1. The van der Waals surface area contributed by atoms with Crippen molar-refractivity contribution in [3.8, 4) is 17.0 Å². The Kier molecular flexibility index (Phi) is 13.5. The van der Waals surface area contributed by atoms with Crippen LogP contribution in [0.15, 0.2) is 48.8 Å². The van der Waals surface area contributed by atoms with Gasteiger partial charge in [-0.2, -0.15) is 10.0 Å². The van der Waals surface area contributed by atoms with Gasteiger partial charge in [-0.25, -0.2) is 4.98 Å². The molecule has 2 bridgehead atoms. The van der Waals surface area contributed by atoms with Gasteiger partial charge < -0.3 is 44.7 Å². The van der Waals surface area contributed by atoms with Crippen LogP contribution in [0.4, 0.5) is 29.2 Å². The van der Waals surface area contributed by atoms with Crippen molar-refractivity contribution in [3.05, 3.63) is 54.4 Å². The van der Waals surface area contributed by atoms with Crippen LogP contribution in [0.5, 0.6) is 5.75 Å². The summed E-state index contributed by atoms with van der Waals surface area (Å²) in [5.74, 6) is -1.35. The zero-order valence-corrected chi connectivity index (χ0v) is 29.8. The summed E-state index contributed by atoms with van der Waals surface area (Å²) < 4.78 is 72.7. The molecule has 55 heavy (non-hydrogen) atoms. The van der Waals surface area contributed by atoms with Gasteiger partial charge in [0.05, 0.1) is 69.7 Å². The summed E-state index contributed by atoms with van der Waals surface area (Å²) in [6, 6.07) is 8.22. The van der Waals surface area contributed by atoms with Gasteiger partial charge in [-0.15, -0.1) is 13.2 Å². The van der Waals surface area contributed by atoms with E-state index in [9.17, 15) is 37.5 Å². The molecule has 0 spiro atoms. The smallest absolute Gasteiger partial charge is 0.406 e. The quantitative estimate of drug-likeness (QED) is 0.103. The molecular formula is C36H44F4N6O9. The molecule has 3 aromatic rings. The van der Waals surface area contributed by atoms with Gasteiger partial charge >= 0.3 is 6.36 Å². The summed E-state index contributed by atoms with van der Waals surface area (Å²) in [4.78, 5) is 36.1. The number of alkyl halides is 3. The largest absolute Gasteiger partial charge is 0.573 e. The van der Waals surface area contributed by atoms with Crippen LogP contribution in [0.25, 0.3) is 11.3 Å². The second-order valence-electron chi connectivity index (χ2n) is 13.6. The molecule has 6 atom stereocenters. The molecular weight excluding hydrogens is 736 g/mol. The lowest BCUT2D eigenvalue weighted by Crippen LogP contribution is -2.44. The van der Waals surface area contributed by atoms with E-state index in [1.54, 1.807) is 23.0 Å². The number of nitrogens with zero attached hydrogens (tertiary/aromatic N) is 4. The van der Waals surface area contributed by atoms with Crippen molar-refractivity contribution in [1.82, 2.24) is 20.1 Å². The van der Waals surface area contributed by atoms with Crippen LogP contribution in [0.2, 0.25) is 0 Å². The Hall–Kier alpha value is -4.40. The number of aliphatic hydroxyl groups excluding tert-OH is 2. The van der Waals surface area contributed by atoms with Crippen molar-refractivity contribution in [1.29, 1.82) is 0 Å². The van der Waals surface area contributed by atoms with E-state index in [4.69, 9.17) is 14.2 Å². The highest BCUT2D eigenvalue weighted by Gasteiger charge is 2.55. The molecule has 0 radical (unpaired) electrons. The van der Waals surface area contributed by atoms with Crippen molar-refractivity contribution in [2.24, 2.45) is 17.8 Å². The number of hydrogen-bond donors (Lipinski definition) is 4. The maximum atomic E-state index is 13.2. The Morgan fingerprint density at radius 1 is 0.964 bits per heavy atom. The third kappa shape index (κ3) is 10.5. The van der Waals surface area contributed by atoms with Crippen LogP contribution >= 0.6 is 0 Å². The number of fused-ring (bicyclic) bond motifs is 2. The van der Waals surface area contributed by atoms with Crippen LogP contribution in [-0.2, 0) is 30.5 Å². The van der Waals surface area contributed by atoms with Gasteiger partial charge in [0.2, 0.25) is 5.91 Å². The number of amides is 2. The SMILES string of the molecule is O=C(Nc1ccc(OC(F)(F)F)cc1)c1cnc(N2CCC(O)C2)c(-c2ccnn2CCOCCOCCOCCNC(=O)[C@H]2CC3C[C@H]2C(O)C3OF)c1. The Bertz CT molecular complexity index is 1730. The van der Waals surface area contributed by atoms with E-state index in [0.717, 1.165) is 12.1 Å². The lowest BCUT2D eigenvalue weighted by Gasteiger charge is -2.29. The number of pyridine rings is 1. The summed E-state index contributed by atoms with van der Waals surface area (Å²) in [5, 5.41) is 30.3. The molecule has 1 aliphatic heterocycles. The summed E-state index contributed by atoms with van der Waals surface area (Å²) in [6.45, 7) is 3.47. The molecule has 2 saturated carbocycles. The van der Waals surface area contributed by atoms with Gasteiger partial charge in [-0.1, -0.05) is 0 Å². The average molecular weight is 781 g/mol. The number of anilines is 2. The minimum atomic E-state index is -4.83. The topological polar surface area (TPSA) is 179 Å². The number of ether oxygens (including phenoxy) is 4. The molecule has 3 fully saturated rings. The number of carbonyl (C=O) groups is 2. The number of aromatic nitrogens is 3. The summed E-state index contributed by atoms with van der Waals surface area (Å²) >= 11 is 0. The summed E-state index contributed by atoms with van der Waals surface area (Å²) in [7, 11) is 0. The number of nitrogens with one attached hydrogen (secondary N) is 2. The van der Waals surface area contributed by atoms with Crippen molar-refractivity contribution in [2.75, 3.05) is 69.5 Å². The van der Waals surface area contributed by atoms with E-state index >= 15 is 0 Å². The lowest BCUT2D eigenvalue weighted by molar-refractivity contribution is -0.274. The number of β-amino-alcohol motifs (C(OH)–C–C–N with tert-alkyl or cyclic N) is 1. The number of aliphatic hydroxyl groups is 2. The van der Waals surface area contributed by atoms with Crippen LogP contribution in [-0.4, -0.2) is 121 Å². The van der Waals surface area contributed by atoms with Crippen molar-refractivity contribution in [2.45, 2.75) is 50.5 Å². The molecule has 4 N–H and O–H groups in total. The van der Waals surface area contributed by atoms with E-state index in [0.29, 0.717) is 102 Å². The molecule has 3 aliphatic rings. The molecule has 2 amide bonds. The second-order valence-corrected chi connectivity index (χ2v) is 13.6. The van der Waals surface area contributed by atoms with E-state index in [-0.39, 0.29) is 34.9 Å². The predicted octanol–water partition coefficient (Wildman–Crippen LogP) is 3.12. The van der Waals surface area contributed by atoms with Crippen LogP contribution < -0.4 is 20.3 Å². The third-order valence-corrected chi connectivity index (χ3v) is 10.00. The fourth-order valence-corrected chi connectivity index (χ4v) is 7.42. The van der Waals surface area contributed by atoms with Crippen LogP contribution in [0.1, 0.15) is 29.6 Å². The lowest BCUT2D eigenvalue weighted by atomic mass is 9.84. The first-order valence-electron chi connectivity index (χ1n) is 18.1. The molecule has 1 aromatic carbocycles. The van der Waals surface area contributed by atoms with Gasteiger partial charge in [-0.3, -0.25) is 14.3 Å². The second kappa shape index (κ2) is 18.5. The van der Waals surface area contributed by atoms with Gasteiger partial charge in [0.1, 0.15) is 17.7 Å². The maximum Gasteiger partial charge on any atom is 0.573 e. The normalized spacial score (nSPS) is 23.3. The van der Waals surface area contributed by atoms with E-state index < -0.39 is 36.3 Å². The van der Waals surface area contributed by atoms with E-state index in [1.165, 1.54) is 18.3 Å². The average Bonchev–Trinajstić information content (AvgIpc) is 3.97. The molecule has 6 rings (SSSR count). The molecule has 2 aliphatic carbocycles. The number of rotatable bonds is 19. The maximum absolute atomic E-state index is 13.2. The molecule has 2 aromatic heterocycles. The van der Waals surface area contributed by atoms with Gasteiger partial charge in [0.15, 0.2) is 0 Å². The highest BCUT2D eigenvalue weighted by molar-refractivity contribution is 6.05. The number of halogens is 4. The van der Waals surface area contributed by atoms with Crippen molar-refractivity contribution < 1.29 is 61.4 Å². The third-order valence-electron chi connectivity index (χ3n) is 10.00. The minimum Gasteiger partial charge on any atom is -0.406 e. The summed E-state index contributed by atoms with van der Waals surface area (Å²) in [5.41, 5.74) is 1.72. The zero-order valence-electron chi connectivity index (χ0n) is 29.8. The monoisotopic (exact) mass is 780 g/mol. The standard InChI is InChI=1S/C36H44F4N6O9/c37-36(38,39)54-26-3-1-24(2-4-26)44-34(49)23-19-29(33(42-20-23)45-9-6-25(47)21-45)30-5-7-43-46(30)10-12-52-14-16-53-15-13-51-11-8-41-35(50)28-18-22-17-27(28)31(48)32(22)55-40/h1-5,7,19-20,22,25,27-28,31-32,47-48H,6,8-18,21H2,(H,41,50)(H,44,49)/t22?,25?,27-,28+,31?,32?/m1/s1. The molecule has 1 saturated heterocycles. The van der Waals surface area contributed by atoms with Gasteiger partial charge in [-0.05, 0) is 72.0 Å². The Morgan fingerprint density at radius 2 is 1.69 bits per heavy atom. The molecule has 300 valence electrons.